The van der Waals surface area contributed by atoms with Gasteiger partial charge in [-0.1, -0.05) is 13.8 Å². The first-order valence-electron chi connectivity index (χ1n) is 7.43. The summed E-state index contributed by atoms with van der Waals surface area (Å²) in [5.74, 6) is 0.243. The van der Waals surface area contributed by atoms with Crippen molar-refractivity contribution in [1.82, 2.24) is 14.9 Å². The second kappa shape index (κ2) is 8.89. The molecule has 0 aromatic heterocycles. The molecule has 5 nitrogen and oxygen atoms in total. The minimum Gasteiger partial charge on any atom is -0.315 e. The summed E-state index contributed by atoms with van der Waals surface area (Å²) >= 11 is 0. The molecule has 0 spiro atoms. The normalized spacial score (nSPS) is 17.4. The Hall–Kier alpha value is -0.170. The largest absolute Gasteiger partial charge is 0.315 e. The third kappa shape index (κ3) is 8.57. The molecule has 1 fully saturated rings. The number of hydrogen-bond acceptors (Lipinski definition) is 4. The standard InChI is InChI=1S/C13H29N3O2S/c1-13(2)14-7-3-6-12-19(17,18)15-8-11-16-9-4-5-10-16/h13-15H,3-12H2,1-2H3. The fraction of sp³-hybridized carbons (Fsp3) is 1.00. The van der Waals surface area contributed by atoms with Crippen LogP contribution >= 0.6 is 0 Å². The number of sulfonamides is 1. The number of unbranched alkanes of at least 4 members (excludes halogenated alkanes) is 1. The van der Waals surface area contributed by atoms with Gasteiger partial charge in [0.1, 0.15) is 0 Å². The maximum atomic E-state index is 11.8. The third-order valence-corrected chi connectivity index (χ3v) is 4.81. The molecule has 1 heterocycles. The van der Waals surface area contributed by atoms with Gasteiger partial charge in [0.05, 0.1) is 5.75 Å². The van der Waals surface area contributed by atoms with Crippen molar-refractivity contribution in [3.05, 3.63) is 0 Å². The molecule has 0 aliphatic carbocycles. The van der Waals surface area contributed by atoms with E-state index in [1.807, 2.05) is 0 Å². The minimum absolute atomic E-state index is 0.243. The van der Waals surface area contributed by atoms with E-state index in [0.29, 0.717) is 12.6 Å². The average Bonchev–Trinajstić information content (AvgIpc) is 2.80. The molecule has 114 valence electrons. The summed E-state index contributed by atoms with van der Waals surface area (Å²) in [6, 6.07) is 0.468. The molecule has 0 atom stereocenters. The van der Waals surface area contributed by atoms with Crippen LogP contribution in [0.25, 0.3) is 0 Å². The lowest BCUT2D eigenvalue weighted by molar-refractivity contribution is 0.344. The Morgan fingerprint density at radius 1 is 1.11 bits per heavy atom. The van der Waals surface area contributed by atoms with E-state index in [0.717, 1.165) is 39.0 Å². The molecule has 0 unspecified atom stereocenters. The third-order valence-electron chi connectivity index (χ3n) is 3.34. The van der Waals surface area contributed by atoms with E-state index in [1.165, 1.54) is 12.8 Å². The minimum atomic E-state index is -3.08. The molecule has 0 radical (unpaired) electrons. The molecule has 0 bridgehead atoms. The van der Waals surface area contributed by atoms with E-state index >= 15 is 0 Å². The summed E-state index contributed by atoms with van der Waals surface area (Å²) in [4.78, 5) is 2.31. The lowest BCUT2D eigenvalue weighted by atomic mass is 10.3. The zero-order valence-corrected chi connectivity index (χ0v) is 13.1. The van der Waals surface area contributed by atoms with Gasteiger partial charge in [-0.15, -0.1) is 0 Å². The van der Waals surface area contributed by atoms with E-state index in [9.17, 15) is 8.42 Å². The molecular formula is C13H29N3O2S. The number of nitrogens with zero attached hydrogens (tertiary/aromatic N) is 1. The van der Waals surface area contributed by atoms with Crippen LogP contribution < -0.4 is 10.0 Å². The Labute approximate surface area is 118 Å². The highest BCUT2D eigenvalue weighted by Crippen LogP contribution is 2.05. The highest BCUT2D eigenvalue weighted by atomic mass is 32.2. The van der Waals surface area contributed by atoms with Gasteiger partial charge < -0.3 is 10.2 Å². The average molecular weight is 291 g/mol. The van der Waals surface area contributed by atoms with Crippen LogP contribution in [0.5, 0.6) is 0 Å². The van der Waals surface area contributed by atoms with Crippen LogP contribution in [0.1, 0.15) is 39.5 Å². The van der Waals surface area contributed by atoms with Crippen molar-refractivity contribution in [3.63, 3.8) is 0 Å². The van der Waals surface area contributed by atoms with Crippen molar-refractivity contribution in [2.75, 3.05) is 38.5 Å². The number of nitrogens with one attached hydrogen (secondary N) is 2. The van der Waals surface area contributed by atoms with E-state index < -0.39 is 10.0 Å². The first kappa shape index (κ1) is 16.9. The zero-order valence-electron chi connectivity index (χ0n) is 12.3. The van der Waals surface area contributed by atoms with Crippen molar-refractivity contribution in [3.8, 4) is 0 Å². The molecule has 2 N–H and O–H groups in total. The molecule has 19 heavy (non-hydrogen) atoms. The van der Waals surface area contributed by atoms with E-state index in [1.54, 1.807) is 0 Å². The van der Waals surface area contributed by atoms with Gasteiger partial charge in [0, 0.05) is 19.1 Å². The van der Waals surface area contributed by atoms with Crippen LogP contribution in [0, 0.1) is 0 Å². The Bertz CT molecular complexity index is 325. The second-order valence-electron chi connectivity index (χ2n) is 5.58. The predicted molar refractivity (Wildman–Crippen MR) is 79.8 cm³/mol. The lowest BCUT2D eigenvalue weighted by Gasteiger charge is -2.14. The molecule has 0 amide bonds. The van der Waals surface area contributed by atoms with Gasteiger partial charge in [0.15, 0.2) is 0 Å². The summed E-state index contributed by atoms with van der Waals surface area (Å²) in [6.45, 7) is 8.69. The highest BCUT2D eigenvalue weighted by molar-refractivity contribution is 7.89. The molecule has 0 saturated carbocycles. The Morgan fingerprint density at radius 3 is 2.42 bits per heavy atom. The van der Waals surface area contributed by atoms with Crippen molar-refractivity contribution in [1.29, 1.82) is 0 Å². The molecule has 6 heteroatoms. The topological polar surface area (TPSA) is 61.4 Å². The van der Waals surface area contributed by atoms with E-state index in [2.05, 4.69) is 28.8 Å². The van der Waals surface area contributed by atoms with Crippen molar-refractivity contribution >= 4 is 10.0 Å². The van der Waals surface area contributed by atoms with Crippen molar-refractivity contribution in [2.24, 2.45) is 0 Å². The summed E-state index contributed by atoms with van der Waals surface area (Å²) in [6.07, 6.45) is 4.12. The van der Waals surface area contributed by atoms with Crippen molar-refractivity contribution < 1.29 is 8.42 Å². The van der Waals surface area contributed by atoms with Gasteiger partial charge in [-0.2, -0.15) is 0 Å². The van der Waals surface area contributed by atoms with Crippen LogP contribution in [0.2, 0.25) is 0 Å². The highest BCUT2D eigenvalue weighted by Gasteiger charge is 2.13. The quantitative estimate of drug-likeness (QED) is 0.584. The smallest absolute Gasteiger partial charge is 0.211 e. The number of likely N-dealkylation sites (tertiary alicyclic amines) is 1. The maximum Gasteiger partial charge on any atom is 0.211 e. The zero-order chi connectivity index (χ0) is 14.1. The van der Waals surface area contributed by atoms with Crippen LogP contribution in [0.4, 0.5) is 0 Å². The van der Waals surface area contributed by atoms with Crippen LogP contribution in [-0.4, -0.2) is 57.8 Å². The summed E-state index contributed by atoms with van der Waals surface area (Å²) < 4.78 is 26.2. The Kier molecular flexibility index (Phi) is 7.90. The first-order valence-corrected chi connectivity index (χ1v) is 9.08. The molecule has 1 aliphatic rings. The van der Waals surface area contributed by atoms with E-state index in [4.69, 9.17) is 0 Å². The predicted octanol–water partition coefficient (Wildman–Crippen LogP) is 0.780. The fourth-order valence-electron chi connectivity index (χ4n) is 2.25. The lowest BCUT2D eigenvalue weighted by Crippen LogP contribution is -2.34. The first-order chi connectivity index (χ1) is 8.99. The Morgan fingerprint density at radius 2 is 1.79 bits per heavy atom. The number of hydrogen-bond donors (Lipinski definition) is 2. The SMILES string of the molecule is CC(C)NCCCCS(=O)(=O)NCCN1CCCC1. The van der Waals surface area contributed by atoms with Gasteiger partial charge in [-0.25, -0.2) is 13.1 Å². The summed E-state index contributed by atoms with van der Waals surface area (Å²) in [5, 5.41) is 3.29. The molecule has 1 saturated heterocycles. The van der Waals surface area contributed by atoms with Gasteiger partial charge in [-0.05, 0) is 45.3 Å². The van der Waals surface area contributed by atoms with Gasteiger partial charge >= 0.3 is 0 Å². The van der Waals surface area contributed by atoms with Crippen LogP contribution in [0.3, 0.4) is 0 Å². The molecule has 1 aliphatic heterocycles. The van der Waals surface area contributed by atoms with E-state index in [-0.39, 0.29) is 5.75 Å². The molecular weight excluding hydrogens is 262 g/mol. The van der Waals surface area contributed by atoms with Crippen LogP contribution in [0.15, 0.2) is 0 Å². The van der Waals surface area contributed by atoms with Gasteiger partial charge in [-0.3, -0.25) is 0 Å². The molecule has 1 rings (SSSR count). The summed E-state index contributed by atoms with van der Waals surface area (Å²) in [5.41, 5.74) is 0. The monoisotopic (exact) mass is 291 g/mol. The molecule has 0 aromatic carbocycles. The fourth-order valence-corrected chi connectivity index (χ4v) is 3.38. The second-order valence-corrected chi connectivity index (χ2v) is 7.50. The van der Waals surface area contributed by atoms with Gasteiger partial charge in [0.25, 0.3) is 0 Å². The summed E-state index contributed by atoms with van der Waals surface area (Å²) in [7, 11) is -3.08. The molecule has 0 aromatic rings. The van der Waals surface area contributed by atoms with Crippen LogP contribution in [-0.2, 0) is 10.0 Å². The maximum absolute atomic E-state index is 11.8. The number of rotatable bonds is 10. The van der Waals surface area contributed by atoms with Crippen molar-refractivity contribution in [2.45, 2.75) is 45.6 Å². The van der Waals surface area contributed by atoms with Gasteiger partial charge in [0.2, 0.25) is 10.0 Å². The Balaban J connectivity index is 2.03.